The van der Waals surface area contributed by atoms with E-state index in [0.29, 0.717) is 38.5 Å². The van der Waals surface area contributed by atoms with Crippen LogP contribution in [0.25, 0.3) is 0 Å². The molecule has 0 saturated carbocycles. The molecule has 0 aromatic carbocycles. The largest absolute Gasteiger partial charge is 0.351 e. The van der Waals surface area contributed by atoms with E-state index in [1.54, 1.807) is 17.1 Å². The Labute approximate surface area is 113 Å². The fourth-order valence-corrected chi connectivity index (χ4v) is 1.55. The number of hydrogen-bond acceptors (Lipinski definition) is 5. The van der Waals surface area contributed by atoms with Gasteiger partial charge in [0.1, 0.15) is 5.69 Å². The molecule has 0 fully saturated rings. The molecule has 0 aliphatic carbocycles. The van der Waals surface area contributed by atoms with Crippen LogP contribution in [0.3, 0.4) is 0 Å². The third-order valence-electron chi connectivity index (χ3n) is 2.39. The summed E-state index contributed by atoms with van der Waals surface area (Å²) >= 11 is 0. The molecule has 0 unspecified atom stereocenters. The van der Waals surface area contributed by atoms with Crippen LogP contribution in [-0.2, 0) is 16.0 Å². The standard InChI is InChI=1S/C12H22N4O3/c1-3-18-11(19-4-2)7-14-12(17)10-8-16(6-5-13)9-15-10/h8-9,11H,3-7,13H2,1-2H3,(H,14,17). The number of ether oxygens (including phenoxy) is 2. The molecule has 1 aromatic rings. The van der Waals surface area contributed by atoms with Gasteiger partial charge in [0.15, 0.2) is 6.29 Å². The molecule has 1 aromatic heterocycles. The molecule has 7 nitrogen and oxygen atoms in total. The summed E-state index contributed by atoms with van der Waals surface area (Å²) in [5.41, 5.74) is 5.79. The van der Waals surface area contributed by atoms with Gasteiger partial charge in [0.05, 0.1) is 12.9 Å². The molecule has 108 valence electrons. The summed E-state index contributed by atoms with van der Waals surface area (Å²) in [5.74, 6) is -0.250. The number of carbonyl (C=O) groups excluding carboxylic acids is 1. The van der Waals surface area contributed by atoms with Gasteiger partial charge in [-0.1, -0.05) is 0 Å². The summed E-state index contributed by atoms with van der Waals surface area (Å²) in [5, 5.41) is 2.73. The second-order valence-electron chi connectivity index (χ2n) is 3.84. The van der Waals surface area contributed by atoms with E-state index >= 15 is 0 Å². The zero-order chi connectivity index (χ0) is 14.1. The molecule has 0 spiro atoms. The lowest BCUT2D eigenvalue weighted by atomic mass is 10.4. The maximum absolute atomic E-state index is 11.8. The van der Waals surface area contributed by atoms with Crippen molar-refractivity contribution < 1.29 is 14.3 Å². The average molecular weight is 270 g/mol. The molecule has 0 bridgehead atoms. The topological polar surface area (TPSA) is 91.4 Å². The van der Waals surface area contributed by atoms with Crippen molar-refractivity contribution in [3.05, 3.63) is 18.2 Å². The molecule has 19 heavy (non-hydrogen) atoms. The van der Waals surface area contributed by atoms with E-state index < -0.39 is 6.29 Å². The van der Waals surface area contributed by atoms with E-state index in [0.717, 1.165) is 0 Å². The zero-order valence-electron chi connectivity index (χ0n) is 11.5. The fourth-order valence-electron chi connectivity index (χ4n) is 1.55. The summed E-state index contributed by atoms with van der Waals surface area (Å²) in [7, 11) is 0. The van der Waals surface area contributed by atoms with E-state index in [1.165, 1.54) is 0 Å². The Morgan fingerprint density at radius 3 is 2.74 bits per heavy atom. The molecule has 1 amide bonds. The maximum Gasteiger partial charge on any atom is 0.271 e. The van der Waals surface area contributed by atoms with Crippen LogP contribution >= 0.6 is 0 Å². The van der Waals surface area contributed by atoms with Crippen LogP contribution in [0.1, 0.15) is 24.3 Å². The minimum absolute atomic E-state index is 0.250. The summed E-state index contributed by atoms with van der Waals surface area (Å²) in [6, 6.07) is 0. The van der Waals surface area contributed by atoms with Gasteiger partial charge in [-0.3, -0.25) is 4.79 Å². The molecule has 7 heteroatoms. The van der Waals surface area contributed by atoms with Gasteiger partial charge in [0.25, 0.3) is 5.91 Å². The number of amides is 1. The van der Waals surface area contributed by atoms with Crippen LogP contribution < -0.4 is 11.1 Å². The first kappa shape index (κ1) is 15.6. The first-order valence-electron chi connectivity index (χ1n) is 6.44. The second-order valence-corrected chi connectivity index (χ2v) is 3.84. The number of hydrogen-bond donors (Lipinski definition) is 2. The van der Waals surface area contributed by atoms with Crippen molar-refractivity contribution in [1.82, 2.24) is 14.9 Å². The SMILES string of the molecule is CCOC(CNC(=O)c1cn(CCN)cn1)OCC. The van der Waals surface area contributed by atoms with E-state index in [9.17, 15) is 4.79 Å². The number of nitrogens with zero attached hydrogens (tertiary/aromatic N) is 2. The molecule has 0 radical (unpaired) electrons. The lowest BCUT2D eigenvalue weighted by Crippen LogP contribution is -2.35. The quantitative estimate of drug-likeness (QED) is 0.615. The Morgan fingerprint density at radius 2 is 2.16 bits per heavy atom. The summed E-state index contributed by atoms with van der Waals surface area (Å²) < 4.78 is 12.4. The van der Waals surface area contributed by atoms with Crippen LogP contribution in [0.15, 0.2) is 12.5 Å². The minimum Gasteiger partial charge on any atom is -0.351 e. The van der Waals surface area contributed by atoms with Crippen molar-refractivity contribution in [2.24, 2.45) is 5.73 Å². The van der Waals surface area contributed by atoms with Gasteiger partial charge in [0.2, 0.25) is 0 Å². The van der Waals surface area contributed by atoms with E-state index in [-0.39, 0.29) is 5.91 Å². The maximum atomic E-state index is 11.8. The molecule has 0 saturated heterocycles. The smallest absolute Gasteiger partial charge is 0.271 e. The lowest BCUT2D eigenvalue weighted by Gasteiger charge is -2.16. The molecular formula is C12H22N4O3. The van der Waals surface area contributed by atoms with Crippen molar-refractivity contribution in [2.75, 3.05) is 26.3 Å². The highest BCUT2D eigenvalue weighted by Gasteiger charge is 2.13. The summed E-state index contributed by atoms with van der Waals surface area (Å²) in [4.78, 5) is 15.9. The number of nitrogens with two attached hydrogens (primary N) is 1. The van der Waals surface area contributed by atoms with Gasteiger partial charge >= 0.3 is 0 Å². The Bertz CT molecular complexity index is 375. The van der Waals surface area contributed by atoms with Gasteiger partial charge < -0.3 is 25.1 Å². The van der Waals surface area contributed by atoms with Gasteiger partial charge in [-0.05, 0) is 13.8 Å². The van der Waals surface area contributed by atoms with E-state index in [2.05, 4.69) is 10.3 Å². The van der Waals surface area contributed by atoms with E-state index in [1.807, 2.05) is 13.8 Å². The Balaban J connectivity index is 2.44. The number of rotatable bonds is 9. The van der Waals surface area contributed by atoms with Crippen molar-refractivity contribution >= 4 is 5.91 Å². The number of imidazole rings is 1. The monoisotopic (exact) mass is 270 g/mol. The average Bonchev–Trinajstić information content (AvgIpc) is 2.85. The van der Waals surface area contributed by atoms with Gasteiger partial charge in [0, 0.05) is 32.5 Å². The second kappa shape index (κ2) is 8.63. The minimum atomic E-state index is -0.426. The molecule has 3 N–H and O–H groups in total. The highest BCUT2D eigenvalue weighted by molar-refractivity contribution is 5.91. The third kappa shape index (κ3) is 5.37. The van der Waals surface area contributed by atoms with Gasteiger partial charge in [-0.25, -0.2) is 4.98 Å². The van der Waals surface area contributed by atoms with Crippen LogP contribution in [0.5, 0.6) is 0 Å². The molecule has 0 aliphatic heterocycles. The van der Waals surface area contributed by atoms with Gasteiger partial charge in [-0.15, -0.1) is 0 Å². The Morgan fingerprint density at radius 1 is 1.47 bits per heavy atom. The predicted octanol–water partition coefficient (Wildman–Crippen LogP) is -0.0293. The van der Waals surface area contributed by atoms with E-state index in [4.69, 9.17) is 15.2 Å². The summed E-state index contributed by atoms with van der Waals surface area (Å²) in [6.45, 7) is 6.27. The lowest BCUT2D eigenvalue weighted by molar-refractivity contribution is -0.131. The van der Waals surface area contributed by atoms with Crippen LogP contribution in [0.2, 0.25) is 0 Å². The molecule has 1 rings (SSSR count). The molecule has 0 aliphatic rings. The predicted molar refractivity (Wildman–Crippen MR) is 70.7 cm³/mol. The first-order chi connectivity index (χ1) is 9.21. The Hall–Kier alpha value is -1.44. The number of nitrogens with one attached hydrogen (secondary N) is 1. The van der Waals surface area contributed by atoms with Crippen LogP contribution in [0.4, 0.5) is 0 Å². The molecule has 0 atom stereocenters. The molecule has 1 heterocycles. The number of aromatic nitrogens is 2. The highest BCUT2D eigenvalue weighted by Crippen LogP contribution is 1.98. The first-order valence-corrected chi connectivity index (χ1v) is 6.44. The number of carbonyl (C=O) groups is 1. The van der Waals surface area contributed by atoms with Crippen LogP contribution in [-0.4, -0.2) is 48.1 Å². The van der Waals surface area contributed by atoms with Crippen molar-refractivity contribution in [1.29, 1.82) is 0 Å². The fraction of sp³-hybridized carbons (Fsp3) is 0.667. The van der Waals surface area contributed by atoms with Crippen LogP contribution in [0, 0.1) is 0 Å². The summed E-state index contributed by atoms with van der Waals surface area (Å²) in [6.07, 6.45) is 2.83. The third-order valence-corrected chi connectivity index (χ3v) is 2.39. The van der Waals surface area contributed by atoms with Crippen molar-refractivity contribution in [3.63, 3.8) is 0 Å². The highest BCUT2D eigenvalue weighted by atomic mass is 16.7. The normalized spacial score (nSPS) is 10.9. The molecular weight excluding hydrogens is 248 g/mol. The van der Waals surface area contributed by atoms with Crippen molar-refractivity contribution in [2.45, 2.75) is 26.7 Å². The Kier molecular flexibility index (Phi) is 7.09. The van der Waals surface area contributed by atoms with Crippen molar-refractivity contribution in [3.8, 4) is 0 Å². The van der Waals surface area contributed by atoms with Gasteiger partial charge in [-0.2, -0.15) is 0 Å². The zero-order valence-corrected chi connectivity index (χ0v) is 11.5.